The lowest BCUT2D eigenvalue weighted by Crippen LogP contribution is -2.47. The van der Waals surface area contributed by atoms with E-state index in [-0.39, 0.29) is 37.4 Å². The highest BCUT2D eigenvalue weighted by Crippen LogP contribution is 2.30. The summed E-state index contributed by atoms with van der Waals surface area (Å²) in [6.45, 7) is 1.02. The first-order valence-corrected chi connectivity index (χ1v) is 13.4. The topological polar surface area (TPSA) is 153 Å². The molecule has 2 aromatic carbocycles. The summed E-state index contributed by atoms with van der Waals surface area (Å²) in [5.74, 6) is -2.03. The van der Waals surface area contributed by atoms with Gasteiger partial charge in [-0.1, -0.05) is 30.3 Å². The number of halogens is 1. The van der Waals surface area contributed by atoms with Crippen molar-refractivity contribution in [3.8, 4) is 11.1 Å². The lowest BCUT2D eigenvalue weighted by Gasteiger charge is -2.26. The van der Waals surface area contributed by atoms with Crippen LogP contribution in [0.15, 0.2) is 66.5 Å². The van der Waals surface area contributed by atoms with Crippen LogP contribution in [-0.4, -0.2) is 67.1 Å². The molecule has 11 nitrogen and oxygen atoms in total. The van der Waals surface area contributed by atoms with Crippen LogP contribution in [0.3, 0.4) is 0 Å². The lowest BCUT2D eigenvalue weighted by molar-refractivity contribution is -0.138. The Hall–Kier alpha value is -5.26. The number of amides is 3. The number of Topliss-reactive ketones (excluding diaryl/α,β-unsaturated/α-hetero) is 1. The Labute approximate surface area is 239 Å². The number of nitrogens with one attached hydrogen (secondary N) is 1. The molecule has 1 saturated heterocycles. The molecule has 2 aromatic heterocycles. The fourth-order valence-electron chi connectivity index (χ4n) is 5.58. The van der Waals surface area contributed by atoms with E-state index in [2.05, 4.69) is 20.6 Å². The molecule has 1 fully saturated rings. The van der Waals surface area contributed by atoms with Crippen LogP contribution in [0.25, 0.3) is 27.7 Å². The summed E-state index contributed by atoms with van der Waals surface area (Å²) in [4.78, 5) is 53.0. The molecule has 212 valence electrons. The van der Waals surface area contributed by atoms with Crippen LogP contribution in [0.5, 0.6) is 0 Å². The Balaban J connectivity index is 1.27. The maximum Gasteiger partial charge on any atom is 0.269 e. The van der Waals surface area contributed by atoms with Gasteiger partial charge in [-0.25, -0.2) is 4.39 Å². The third-order valence-corrected chi connectivity index (χ3v) is 7.74. The number of benzene rings is 2. The quantitative estimate of drug-likeness (QED) is 0.362. The minimum absolute atomic E-state index is 0.0243. The Bertz CT molecular complexity index is 1800. The number of nitrogens with zero attached hydrogens (tertiary/aromatic N) is 5. The van der Waals surface area contributed by atoms with E-state index >= 15 is 0 Å². The van der Waals surface area contributed by atoms with Gasteiger partial charge in [0.1, 0.15) is 18.8 Å². The Kier molecular flexibility index (Phi) is 6.81. The van der Waals surface area contributed by atoms with Crippen LogP contribution < -0.4 is 11.1 Å². The minimum Gasteiger partial charge on any atom is -0.364 e. The van der Waals surface area contributed by atoms with E-state index < -0.39 is 29.9 Å². The van der Waals surface area contributed by atoms with Crippen LogP contribution in [0.1, 0.15) is 35.0 Å². The van der Waals surface area contributed by atoms with Gasteiger partial charge in [0, 0.05) is 34.9 Å². The molecule has 2 unspecified atom stereocenters. The number of carbonyl (C=O) groups is 4. The third kappa shape index (κ3) is 4.80. The van der Waals surface area contributed by atoms with Crippen molar-refractivity contribution in [3.63, 3.8) is 0 Å². The number of primary amides is 1. The summed E-state index contributed by atoms with van der Waals surface area (Å²) in [5.41, 5.74) is 9.82. The minimum atomic E-state index is -1.41. The Morgan fingerprint density at radius 3 is 2.67 bits per heavy atom. The van der Waals surface area contributed by atoms with E-state index in [4.69, 9.17) is 5.73 Å². The van der Waals surface area contributed by atoms with E-state index in [0.717, 1.165) is 22.3 Å². The molecule has 0 spiro atoms. The van der Waals surface area contributed by atoms with Gasteiger partial charge < -0.3 is 16.0 Å². The number of ketones is 1. The van der Waals surface area contributed by atoms with E-state index in [1.165, 1.54) is 9.58 Å². The molecule has 2 aliphatic rings. The van der Waals surface area contributed by atoms with Gasteiger partial charge in [0.15, 0.2) is 11.5 Å². The van der Waals surface area contributed by atoms with Gasteiger partial charge in [0.25, 0.3) is 5.91 Å². The second kappa shape index (κ2) is 10.6. The van der Waals surface area contributed by atoms with E-state index in [9.17, 15) is 23.6 Å². The first-order valence-electron chi connectivity index (χ1n) is 13.4. The van der Waals surface area contributed by atoms with Crippen molar-refractivity contribution in [2.75, 3.05) is 6.54 Å². The maximum absolute atomic E-state index is 14.7. The molecule has 42 heavy (non-hydrogen) atoms. The molecule has 2 atom stereocenters. The monoisotopic (exact) mass is 567 g/mol. The highest BCUT2D eigenvalue weighted by Gasteiger charge is 2.41. The Morgan fingerprint density at radius 1 is 1.10 bits per heavy atom. The number of hydrogen-bond donors (Lipinski definition) is 2. The highest BCUT2D eigenvalue weighted by atomic mass is 19.1. The molecule has 4 aromatic rings. The molecule has 3 N–H and O–H groups in total. The van der Waals surface area contributed by atoms with Gasteiger partial charge in [-0.2, -0.15) is 15.3 Å². The SMILES string of the molecule is CC1=C(NC(=O)C2CC(F)CN2C(=O)Cn2nc(C(N)=O)c3cc(-c4ccnnc4)ccc32)c2ccccc2CC1=O. The van der Waals surface area contributed by atoms with Crippen molar-refractivity contribution in [3.05, 3.63) is 83.3 Å². The molecular weight excluding hydrogens is 541 g/mol. The predicted molar refractivity (Wildman–Crippen MR) is 150 cm³/mol. The normalized spacial score (nSPS) is 18.3. The summed E-state index contributed by atoms with van der Waals surface area (Å²) >= 11 is 0. The molecule has 0 bridgehead atoms. The van der Waals surface area contributed by atoms with Crippen molar-refractivity contribution >= 4 is 40.1 Å². The number of nitrogens with two attached hydrogens (primary N) is 1. The van der Waals surface area contributed by atoms with Gasteiger partial charge in [0.05, 0.1) is 30.2 Å². The van der Waals surface area contributed by atoms with Crippen molar-refractivity contribution in [2.45, 2.75) is 38.5 Å². The van der Waals surface area contributed by atoms with Crippen molar-refractivity contribution in [2.24, 2.45) is 5.73 Å². The number of aromatic nitrogens is 4. The third-order valence-electron chi connectivity index (χ3n) is 7.74. The number of rotatable bonds is 6. The van der Waals surface area contributed by atoms with E-state index in [0.29, 0.717) is 22.2 Å². The standard InChI is InChI=1S/C30H26FN7O4/c1-16-25(39)11-18-4-2-3-5-21(18)27(16)35-30(42)24-12-20(31)14-37(24)26(40)15-38-23-7-6-17(19-8-9-33-34-13-19)10-22(23)28(36-38)29(32)41/h2-10,13,20,24H,11-12,14-15H2,1H3,(H2,32,41)(H,35,42). The number of alkyl halides is 1. The number of likely N-dealkylation sites (tertiary alicyclic amines) is 1. The predicted octanol–water partition coefficient (Wildman–Crippen LogP) is 2.20. The van der Waals surface area contributed by atoms with Crippen LogP contribution in [0.4, 0.5) is 4.39 Å². The largest absolute Gasteiger partial charge is 0.364 e. The molecule has 12 heteroatoms. The summed E-state index contributed by atoms with van der Waals surface area (Å²) < 4.78 is 16.0. The number of allylic oxidation sites excluding steroid dienone is 1. The molecule has 1 aliphatic carbocycles. The van der Waals surface area contributed by atoms with Gasteiger partial charge in [0.2, 0.25) is 11.8 Å². The first-order chi connectivity index (χ1) is 20.2. The zero-order valence-electron chi connectivity index (χ0n) is 22.6. The van der Waals surface area contributed by atoms with Crippen molar-refractivity contribution in [1.82, 2.24) is 30.2 Å². The summed E-state index contributed by atoms with van der Waals surface area (Å²) in [5, 5.41) is 15.2. The van der Waals surface area contributed by atoms with Gasteiger partial charge in [-0.05, 0) is 36.2 Å². The summed E-state index contributed by atoms with van der Waals surface area (Å²) in [7, 11) is 0. The zero-order chi connectivity index (χ0) is 29.5. The lowest BCUT2D eigenvalue weighted by atomic mass is 9.89. The molecule has 0 radical (unpaired) electrons. The fourth-order valence-corrected chi connectivity index (χ4v) is 5.58. The van der Waals surface area contributed by atoms with Gasteiger partial charge >= 0.3 is 0 Å². The number of hydrogen-bond acceptors (Lipinski definition) is 7. The average Bonchev–Trinajstić information content (AvgIpc) is 3.56. The van der Waals surface area contributed by atoms with Crippen molar-refractivity contribution in [1.29, 1.82) is 0 Å². The average molecular weight is 568 g/mol. The number of carbonyl (C=O) groups excluding carboxylic acids is 4. The van der Waals surface area contributed by atoms with Crippen molar-refractivity contribution < 1.29 is 23.6 Å². The molecular formula is C30H26FN7O4. The smallest absolute Gasteiger partial charge is 0.269 e. The first kappa shape index (κ1) is 26.9. The van der Waals surface area contributed by atoms with E-state index in [1.54, 1.807) is 43.6 Å². The molecule has 6 rings (SSSR count). The highest BCUT2D eigenvalue weighted by molar-refractivity contribution is 6.09. The van der Waals surface area contributed by atoms with E-state index in [1.807, 2.05) is 24.3 Å². The molecule has 3 amide bonds. The molecule has 3 heterocycles. The second-order valence-corrected chi connectivity index (χ2v) is 10.4. The van der Waals surface area contributed by atoms with Crippen LogP contribution >= 0.6 is 0 Å². The maximum atomic E-state index is 14.7. The number of fused-ring (bicyclic) bond motifs is 2. The summed E-state index contributed by atoms with van der Waals surface area (Å²) in [6, 6.07) is 13.1. The van der Waals surface area contributed by atoms with Crippen LogP contribution in [0, 0.1) is 0 Å². The summed E-state index contributed by atoms with van der Waals surface area (Å²) in [6.07, 6.45) is 1.75. The van der Waals surface area contributed by atoms with Gasteiger partial charge in [-0.15, -0.1) is 0 Å². The Morgan fingerprint density at radius 2 is 1.90 bits per heavy atom. The van der Waals surface area contributed by atoms with Gasteiger partial charge in [-0.3, -0.25) is 23.9 Å². The zero-order valence-corrected chi connectivity index (χ0v) is 22.6. The molecule has 0 saturated carbocycles. The van der Waals surface area contributed by atoms with Crippen LogP contribution in [0.2, 0.25) is 0 Å². The second-order valence-electron chi connectivity index (χ2n) is 10.4. The molecule has 1 aliphatic heterocycles. The van der Waals surface area contributed by atoms with Crippen LogP contribution in [-0.2, 0) is 27.3 Å². The fraction of sp³-hybridized carbons (Fsp3) is 0.233.